The molecule has 1 aromatic carbocycles. The van der Waals surface area contributed by atoms with Gasteiger partial charge in [-0.25, -0.2) is 4.79 Å². The van der Waals surface area contributed by atoms with Gasteiger partial charge < -0.3 is 9.64 Å². The van der Waals surface area contributed by atoms with Gasteiger partial charge in [-0.05, 0) is 63.6 Å². The summed E-state index contributed by atoms with van der Waals surface area (Å²) in [4.78, 5) is 26.5. The number of halogens is 2. The van der Waals surface area contributed by atoms with Crippen LogP contribution in [0.4, 0.5) is 0 Å². The summed E-state index contributed by atoms with van der Waals surface area (Å²) in [5.41, 5.74) is 0.586. The highest BCUT2D eigenvalue weighted by atomic mass is 127. The number of amides is 1. The molecule has 0 saturated carbocycles. The molecule has 114 valence electrons. The van der Waals surface area contributed by atoms with Gasteiger partial charge in [0.25, 0.3) is 5.91 Å². The largest absolute Gasteiger partial charge is 0.464 e. The van der Waals surface area contributed by atoms with Gasteiger partial charge in [0.05, 0.1) is 12.2 Å². The number of benzene rings is 1. The normalized spacial score (nSPS) is 18.4. The number of carbonyl (C=O) groups excluding carboxylic acids is 2. The highest BCUT2D eigenvalue weighted by Gasteiger charge is 2.34. The Labute approximate surface area is 150 Å². The number of nitrogens with zero attached hydrogens (tertiary/aromatic N) is 1. The molecule has 1 aromatic rings. The molecule has 1 heterocycles. The molecule has 0 N–H and O–H groups in total. The van der Waals surface area contributed by atoms with Gasteiger partial charge in [0.15, 0.2) is 0 Å². The third-order valence-corrected chi connectivity index (χ3v) is 5.49. The maximum absolute atomic E-state index is 12.8. The van der Waals surface area contributed by atoms with Crippen LogP contribution < -0.4 is 0 Å². The minimum atomic E-state index is -0.499. The first kappa shape index (κ1) is 17.1. The summed E-state index contributed by atoms with van der Waals surface area (Å²) >= 11 is 7.26. The smallest absolute Gasteiger partial charge is 0.329 e. The number of carbonyl (C=O) groups is 2. The SMILES string of the molecule is CCOC(=O)C1CSCCN1C(=O)c1cc(I)ccc1Br. The van der Waals surface area contributed by atoms with Gasteiger partial charge in [0.1, 0.15) is 6.04 Å². The van der Waals surface area contributed by atoms with Crippen LogP contribution in [0.1, 0.15) is 17.3 Å². The third kappa shape index (κ3) is 4.13. The van der Waals surface area contributed by atoms with Crippen molar-refractivity contribution in [1.82, 2.24) is 4.90 Å². The molecular weight excluding hydrogens is 469 g/mol. The number of hydrogen-bond acceptors (Lipinski definition) is 4. The van der Waals surface area contributed by atoms with Crippen LogP contribution in [0.25, 0.3) is 0 Å². The Morgan fingerprint density at radius 3 is 3.00 bits per heavy atom. The topological polar surface area (TPSA) is 46.6 Å². The molecule has 0 radical (unpaired) electrons. The van der Waals surface area contributed by atoms with Crippen molar-refractivity contribution in [3.8, 4) is 0 Å². The van der Waals surface area contributed by atoms with Crippen LogP contribution in [-0.4, -0.2) is 47.5 Å². The van der Waals surface area contributed by atoms with Crippen molar-refractivity contribution >= 4 is 62.2 Å². The quantitative estimate of drug-likeness (QED) is 0.489. The first-order valence-electron chi connectivity index (χ1n) is 6.55. The summed E-state index contributed by atoms with van der Waals surface area (Å²) in [6.45, 7) is 2.66. The Hall–Kier alpha value is -0.280. The molecule has 0 spiro atoms. The highest BCUT2D eigenvalue weighted by Crippen LogP contribution is 2.25. The van der Waals surface area contributed by atoms with Crippen molar-refractivity contribution < 1.29 is 14.3 Å². The Bertz CT molecular complexity index is 555. The molecule has 1 atom stereocenters. The Balaban J connectivity index is 2.26. The van der Waals surface area contributed by atoms with Crippen LogP contribution in [0.3, 0.4) is 0 Å². The van der Waals surface area contributed by atoms with Crippen LogP contribution in [0, 0.1) is 3.57 Å². The van der Waals surface area contributed by atoms with E-state index >= 15 is 0 Å². The van der Waals surface area contributed by atoms with Crippen LogP contribution in [0.2, 0.25) is 0 Å². The number of rotatable bonds is 3. The lowest BCUT2D eigenvalue weighted by Gasteiger charge is -2.34. The molecule has 0 aliphatic carbocycles. The molecule has 4 nitrogen and oxygen atoms in total. The van der Waals surface area contributed by atoms with Gasteiger partial charge in [-0.1, -0.05) is 0 Å². The fourth-order valence-corrected chi connectivity index (χ4v) is 4.04. The van der Waals surface area contributed by atoms with Crippen molar-refractivity contribution in [2.24, 2.45) is 0 Å². The van der Waals surface area contributed by atoms with E-state index in [4.69, 9.17) is 4.74 Å². The van der Waals surface area contributed by atoms with E-state index in [0.29, 0.717) is 24.5 Å². The summed E-state index contributed by atoms with van der Waals surface area (Å²) in [6, 6.07) is 5.11. The molecule has 0 aromatic heterocycles. The molecule has 1 unspecified atom stereocenters. The minimum absolute atomic E-state index is 0.126. The fraction of sp³-hybridized carbons (Fsp3) is 0.429. The predicted octanol–water partition coefficient (Wildman–Crippen LogP) is 3.17. The van der Waals surface area contributed by atoms with Crippen molar-refractivity contribution in [3.05, 3.63) is 31.8 Å². The zero-order chi connectivity index (χ0) is 15.4. The predicted molar refractivity (Wildman–Crippen MR) is 95.6 cm³/mol. The second-order valence-electron chi connectivity index (χ2n) is 4.47. The molecule has 7 heteroatoms. The maximum atomic E-state index is 12.8. The number of esters is 1. The molecule has 0 bridgehead atoms. The average Bonchev–Trinajstić information content (AvgIpc) is 2.49. The van der Waals surface area contributed by atoms with Crippen LogP contribution >= 0.6 is 50.3 Å². The van der Waals surface area contributed by atoms with Crippen molar-refractivity contribution in [1.29, 1.82) is 0 Å². The molecule has 1 fully saturated rings. The molecule has 1 saturated heterocycles. The molecule has 1 amide bonds. The molecule has 21 heavy (non-hydrogen) atoms. The van der Waals surface area contributed by atoms with Crippen molar-refractivity contribution in [3.63, 3.8) is 0 Å². The zero-order valence-electron chi connectivity index (χ0n) is 11.5. The highest BCUT2D eigenvalue weighted by molar-refractivity contribution is 14.1. The van der Waals surface area contributed by atoms with Crippen molar-refractivity contribution in [2.45, 2.75) is 13.0 Å². The lowest BCUT2D eigenvalue weighted by Crippen LogP contribution is -2.51. The fourth-order valence-electron chi connectivity index (χ4n) is 2.10. The van der Waals surface area contributed by atoms with Gasteiger partial charge in [0, 0.05) is 26.1 Å². The first-order chi connectivity index (χ1) is 10.0. The van der Waals surface area contributed by atoms with Crippen LogP contribution in [-0.2, 0) is 9.53 Å². The van der Waals surface area contributed by atoms with E-state index in [2.05, 4.69) is 38.5 Å². The number of ether oxygens (including phenoxy) is 1. The summed E-state index contributed by atoms with van der Waals surface area (Å²) in [7, 11) is 0. The van der Waals surface area contributed by atoms with Gasteiger partial charge in [-0.2, -0.15) is 11.8 Å². The number of thioether (sulfide) groups is 1. The summed E-state index contributed by atoms with van der Waals surface area (Å²) < 4.78 is 6.82. The average molecular weight is 484 g/mol. The second-order valence-corrected chi connectivity index (χ2v) is 7.72. The Morgan fingerprint density at radius 1 is 1.52 bits per heavy atom. The van der Waals surface area contributed by atoms with E-state index in [1.807, 2.05) is 18.2 Å². The Kier molecular flexibility index (Phi) is 6.36. The summed E-state index contributed by atoms with van der Waals surface area (Å²) in [5.74, 6) is 0.980. The second kappa shape index (κ2) is 7.82. The minimum Gasteiger partial charge on any atom is -0.464 e. The van der Waals surface area contributed by atoms with E-state index in [0.717, 1.165) is 13.8 Å². The third-order valence-electron chi connectivity index (χ3n) is 3.11. The van der Waals surface area contributed by atoms with Crippen LogP contribution in [0.5, 0.6) is 0 Å². The van der Waals surface area contributed by atoms with Crippen LogP contribution in [0.15, 0.2) is 22.7 Å². The van der Waals surface area contributed by atoms with E-state index in [9.17, 15) is 9.59 Å². The Morgan fingerprint density at radius 2 is 2.29 bits per heavy atom. The summed E-state index contributed by atoms with van der Waals surface area (Å²) in [5, 5.41) is 0. The lowest BCUT2D eigenvalue weighted by atomic mass is 10.1. The zero-order valence-corrected chi connectivity index (χ0v) is 16.0. The monoisotopic (exact) mass is 483 g/mol. The lowest BCUT2D eigenvalue weighted by molar-refractivity contribution is -0.147. The molecule has 2 rings (SSSR count). The van der Waals surface area contributed by atoms with Gasteiger partial charge in [0.2, 0.25) is 0 Å². The molecular formula is C14H15BrINO3S. The standard InChI is InChI=1S/C14H15BrINO3S/c1-2-20-14(19)12-8-21-6-5-17(12)13(18)10-7-9(16)3-4-11(10)15/h3-4,7,12H,2,5-6,8H2,1H3. The summed E-state index contributed by atoms with van der Waals surface area (Å²) in [6.07, 6.45) is 0. The van der Waals surface area contributed by atoms with Gasteiger partial charge in [-0.15, -0.1) is 0 Å². The van der Waals surface area contributed by atoms with E-state index in [1.165, 1.54) is 0 Å². The van der Waals surface area contributed by atoms with Gasteiger partial charge in [-0.3, -0.25) is 4.79 Å². The molecule has 1 aliphatic heterocycles. The number of hydrogen-bond donors (Lipinski definition) is 0. The van der Waals surface area contributed by atoms with Gasteiger partial charge >= 0.3 is 5.97 Å². The van der Waals surface area contributed by atoms with Crippen molar-refractivity contribution in [2.75, 3.05) is 24.7 Å². The molecule has 1 aliphatic rings. The van der Waals surface area contributed by atoms with E-state index in [1.54, 1.807) is 23.6 Å². The maximum Gasteiger partial charge on any atom is 0.329 e. The first-order valence-corrected chi connectivity index (χ1v) is 9.57. The van der Waals surface area contributed by atoms with E-state index in [-0.39, 0.29) is 11.9 Å². The van der Waals surface area contributed by atoms with E-state index < -0.39 is 6.04 Å².